The van der Waals surface area contributed by atoms with E-state index < -0.39 is 30.2 Å². The first-order chi connectivity index (χ1) is 13.0. The maximum Gasteiger partial charge on any atom is 0.334 e. The van der Waals surface area contributed by atoms with Crippen molar-refractivity contribution in [1.82, 2.24) is 9.80 Å². The molecule has 2 fully saturated rings. The lowest BCUT2D eigenvalue weighted by Crippen LogP contribution is -2.46. The lowest BCUT2D eigenvalue weighted by molar-refractivity contribution is -0.144. The highest BCUT2D eigenvalue weighted by Gasteiger charge is 2.49. The number of benzene rings is 1. The van der Waals surface area contributed by atoms with Crippen LogP contribution in [-0.4, -0.2) is 52.8 Å². The first-order valence-corrected chi connectivity index (χ1v) is 9.09. The van der Waals surface area contributed by atoms with Gasteiger partial charge in [0, 0.05) is 11.6 Å². The van der Waals surface area contributed by atoms with Crippen molar-refractivity contribution in [2.24, 2.45) is 5.92 Å². The topological polar surface area (TPSA) is 93.2 Å². The zero-order valence-electron chi connectivity index (χ0n) is 15.0. The standard InChI is InChI=1S/C19H20N2O6/c1-11-4-2-3-5-13(11)21-18(24)17(23)20(19(21)25)9-14(22)12-6-7-15-16(8-12)27-10-26-15/h6-8,11,13H,2-5,9-10H2,1H3/t11-,13-/m1/s1. The number of Topliss-reactive ketones (excluding diaryl/α,β-unsaturated/α-hetero) is 1. The molecule has 4 rings (SSSR count). The molecule has 0 unspecified atom stereocenters. The molecule has 3 aliphatic rings. The normalized spacial score (nSPS) is 24.7. The van der Waals surface area contributed by atoms with E-state index in [-0.39, 0.29) is 24.3 Å². The van der Waals surface area contributed by atoms with Gasteiger partial charge in [0.25, 0.3) is 0 Å². The minimum atomic E-state index is -0.938. The summed E-state index contributed by atoms with van der Waals surface area (Å²) in [6.45, 7) is 1.59. The van der Waals surface area contributed by atoms with Gasteiger partial charge in [0.1, 0.15) is 0 Å². The Labute approximate surface area is 156 Å². The second-order valence-electron chi connectivity index (χ2n) is 7.17. The van der Waals surface area contributed by atoms with Gasteiger partial charge in [-0.3, -0.25) is 19.3 Å². The quantitative estimate of drug-likeness (QED) is 0.456. The molecular formula is C19H20N2O6. The van der Waals surface area contributed by atoms with Crippen molar-refractivity contribution < 1.29 is 28.7 Å². The van der Waals surface area contributed by atoms with Gasteiger partial charge < -0.3 is 9.47 Å². The molecule has 0 bridgehead atoms. The fourth-order valence-electron chi connectivity index (χ4n) is 3.94. The third kappa shape index (κ3) is 2.94. The van der Waals surface area contributed by atoms with Gasteiger partial charge in [0.15, 0.2) is 17.3 Å². The summed E-state index contributed by atoms with van der Waals surface area (Å²) in [5.41, 5.74) is 0.289. The van der Waals surface area contributed by atoms with Crippen LogP contribution in [0.15, 0.2) is 18.2 Å². The van der Waals surface area contributed by atoms with E-state index in [2.05, 4.69) is 0 Å². The van der Waals surface area contributed by atoms with E-state index in [4.69, 9.17) is 9.47 Å². The van der Waals surface area contributed by atoms with E-state index >= 15 is 0 Å². The second kappa shape index (κ2) is 6.68. The van der Waals surface area contributed by atoms with Gasteiger partial charge in [0.05, 0.1) is 6.54 Å². The van der Waals surface area contributed by atoms with Crippen LogP contribution in [0.4, 0.5) is 4.79 Å². The number of amides is 4. The third-order valence-electron chi connectivity index (χ3n) is 5.48. The van der Waals surface area contributed by atoms with Gasteiger partial charge >= 0.3 is 17.8 Å². The SMILES string of the molecule is C[C@@H]1CCCC[C@H]1N1C(=O)C(=O)N(CC(=O)c2ccc3c(c2)OCO3)C1=O. The first kappa shape index (κ1) is 17.5. The zero-order chi connectivity index (χ0) is 19.1. The summed E-state index contributed by atoms with van der Waals surface area (Å²) in [6.07, 6.45) is 3.56. The summed E-state index contributed by atoms with van der Waals surface area (Å²) in [7, 11) is 0. The Bertz CT molecular complexity index is 835. The molecule has 1 aliphatic carbocycles. The zero-order valence-corrected chi connectivity index (χ0v) is 15.0. The molecule has 2 heterocycles. The van der Waals surface area contributed by atoms with Crippen molar-refractivity contribution in [3.63, 3.8) is 0 Å². The molecule has 1 saturated heterocycles. The molecule has 0 N–H and O–H groups in total. The highest BCUT2D eigenvalue weighted by atomic mass is 16.7. The molecule has 0 spiro atoms. The molecule has 0 aromatic heterocycles. The lowest BCUT2D eigenvalue weighted by atomic mass is 9.85. The molecule has 2 atom stereocenters. The Balaban J connectivity index is 1.52. The number of hydrogen-bond donors (Lipinski definition) is 0. The Hall–Kier alpha value is -2.90. The van der Waals surface area contributed by atoms with Crippen LogP contribution in [-0.2, 0) is 9.59 Å². The van der Waals surface area contributed by atoms with Gasteiger partial charge in [-0.15, -0.1) is 0 Å². The van der Waals surface area contributed by atoms with Crippen LogP contribution in [0.3, 0.4) is 0 Å². The second-order valence-corrected chi connectivity index (χ2v) is 7.17. The Morgan fingerprint density at radius 1 is 1.07 bits per heavy atom. The number of ether oxygens (including phenoxy) is 2. The maximum atomic E-state index is 12.7. The molecule has 0 radical (unpaired) electrons. The smallest absolute Gasteiger partial charge is 0.334 e. The summed E-state index contributed by atoms with van der Waals surface area (Å²) in [5.74, 6) is -1.10. The van der Waals surface area contributed by atoms with Gasteiger partial charge in [0.2, 0.25) is 6.79 Å². The minimum Gasteiger partial charge on any atom is -0.454 e. The van der Waals surface area contributed by atoms with Crippen LogP contribution < -0.4 is 9.47 Å². The molecule has 8 nitrogen and oxygen atoms in total. The summed E-state index contributed by atoms with van der Waals surface area (Å²) in [5, 5.41) is 0. The molecule has 27 heavy (non-hydrogen) atoms. The Morgan fingerprint density at radius 2 is 1.81 bits per heavy atom. The van der Waals surface area contributed by atoms with Crippen LogP contribution >= 0.6 is 0 Å². The van der Waals surface area contributed by atoms with E-state index in [0.29, 0.717) is 17.9 Å². The van der Waals surface area contributed by atoms with Crippen molar-refractivity contribution >= 4 is 23.6 Å². The largest absolute Gasteiger partial charge is 0.454 e. The van der Waals surface area contributed by atoms with E-state index in [1.54, 1.807) is 12.1 Å². The predicted molar refractivity (Wildman–Crippen MR) is 92.3 cm³/mol. The highest BCUT2D eigenvalue weighted by Crippen LogP contribution is 2.33. The molecule has 2 aliphatic heterocycles. The average molecular weight is 372 g/mol. The number of carbonyl (C=O) groups is 4. The number of carbonyl (C=O) groups excluding carboxylic acids is 4. The van der Waals surface area contributed by atoms with Crippen LogP contribution in [0.2, 0.25) is 0 Å². The third-order valence-corrected chi connectivity index (χ3v) is 5.48. The van der Waals surface area contributed by atoms with E-state index in [9.17, 15) is 19.2 Å². The van der Waals surface area contributed by atoms with Crippen LogP contribution in [0.5, 0.6) is 11.5 Å². The average Bonchev–Trinajstić information content (AvgIpc) is 3.21. The van der Waals surface area contributed by atoms with Gasteiger partial charge in [-0.1, -0.05) is 19.8 Å². The van der Waals surface area contributed by atoms with Crippen molar-refractivity contribution in [1.29, 1.82) is 0 Å². The van der Waals surface area contributed by atoms with Crippen LogP contribution in [0.1, 0.15) is 43.0 Å². The van der Waals surface area contributed by atoms with Crippen LogP contribution in [0.25, 0.3) is 0 Å². The monoisotopic (exact) mass is 372 g/mol. The molecule has 1 aromatic rings. The van der Waals surface area contributed by atoms with Crippen molar-refractivity contribution in [3.05, 3.63) is 23.8 Å². The fourth-order valence-corrected chi connectivity index (χ4v) is 3.94. The number of hydrogen-bond acceptors (Lipinski definition) is 6. The van der Waals surface area contributed by atoms with Crippen LogP contribution in [0, 0.1) is 5.92 Å². The highest BCUT2D eigenvalue weighted by molar-refractivity contribution is 6.45. The number of nitrogens with zero attached hydrogens (tertiary/aromatic N) is 2. The van der Waals surface area contributed by atoms with E-state index in [1.165, 1.54) is 6.07 Å². The molecule has 1 aromatic carbocycles. The summed E-state index contributed by atoms with van der Waals surface area (Å²) < 4.78 is 10.4. The van der Waals surface area contributed by atoms with Gasteiger partial charge in [-0.05, 0) is 37.0 Å². The molecular weight excluding hydrogens is 352 g/mol. The fraction of sp³-hybridized carbons (Fsp3) is 0.474. The number of imide groups is 2. The predicted octanol–water partition coefficient (Wildman–Crippen LogP) is 1.97. The lowest BCUT2D eigenvalue weighted by Gasteiger charge is -2.34. The number of urea groups is 1. The molecule has 1 saturated carbocycles. The van der Waals surface area contributed by atoms with Crippen molar-refractivity contribution in [2.75, 3.05) is 13.3 Å². The van der Waals surface area contributed by atoms with Crippen molar-refractivity contribution in [3.8, 4) is 11.5 Å². The summed E-state index contributed by atoms with van der Waals surface area (Å²) >= 11 is 0. The van der Waals surface area contributed by atoms with Crippen molar-refractivity contribution in [2.45, 2.75) is 38.6 Å². The van der Waals surface area contributed by atoms with E-state index in [1.807, 2.05) is 6.92 Å². The van der Waals surface area contributed by atoms with Gasteiger partial charge in [-0.25, -0.2) is 9.69 Å². The molecule has 4 amide bonds. The first-order valence-electron chi connectivity index (χ1n) is 9.09. The maximum absolute atomic E-state index is 12.7. The molecule has 8 heteroatoms. The number of fused-ring (bicyclic) bond motifs is 1. The number of ketones is 1. The minimum absolute atomic E-state index is 0.0824. The Kier molecular flexibility index (Phi) is 4.33. The number of rotatable bonds is 4. The summed E-state index contributed by atoms with van der Waals surface area (Å²) in [6, 6.07) is 3.68. The Morgan fingerprint density at radius 3 is 2.59 bits per heavy atom. The van der Waals surface area contributed by atoms with Gasteiger partial charge in [-0.2, -0.15) is 0 Å². The molecule has 142 valence electrons. The summed E-state index contributed by atoms with van der Waals surface area (Å²) in [4.78, 5) is 51.9. The van der Waals surface area contributed by atoms with E-state index in [0.717, 1.165) is 29.1 Å².